The van der Waals surface area contributed by atoms with Crippen molar-refractivity contribution in [3.8, 4) is 0 Å². The average molecular weight is 277 g/mol. The number of hydrogen-bond acceptors (Lipinski definition) is 4. The molecule has 0 aromatic heterocycles. The zero-order chi connectivity index (χ0) is 14.5. The lowest BCUT2D eigenvalue weighted by Crippen LogP contribution is -2.33. The third-order valence-electron chi connectivity index (χ3n) is 4.15. The number of rotatable bonds is 6. The van der Waals surface area contributed by atoms with Gasteiger partial charge in [0.25, 0.3) is 5.69 Å². The van der Waals surface area contributed by atoms with Crippen LogP contribution in [-0.2, 0) is 0 Å². The van der Waals surface area contributed by atoms with Crippen LogP contribution < -0.4 is 5.32 Å². The number of non-ortho nitro benzene ring substituents is 1. The molecule has 0 saturated heterocycles. The van der Waals surface area contributed by atoms with Gasteiger partial charge in [0.1, 0.15) is 0 Å². The smallest absolute Gasteiger partial charge is 0.269 e. The number of nitro benzene ring substituents is 1. The molecule has 0 heterocycles. The van der Waals surface area contributed by atoms with Crippen molar-refractivity contribution in [2.75, 3.05) is 25.5 Å². The van der Waals surface area contributed by atoms with Gasteiger partial charge in [0.15, 0.2) is 0 Å². The maximum Gasteiger partial charge on any atom is 0.269 e. The first-order chi connectivity index (χ1) is 9.58. The van der Waals surface area contributed by atoms with Gasteiger partial charge < -0.3 is 10.2 Å². The number of likely N-dealkylation sites (N-methyl/N-ethyl adjacent to an activating group) is 1. The van der Waals surface area contributed by atoms with E-state index in [0.717, 1.165) is 30.4 Å². The molecule has 0 aliphatic heterocycles. The van der Waals surface area contributed by atoms with Crippen LogP contribution in [0.25, 0.3) is 0 Å². The fourth-order valence-electron chi connectivity index (χ4n) is 2.85. The average Bonchev–Trinajstić information content (AvgIpc) is 2.94. The first kappa shape index (κ1) is 14.8. The quantitative estimate of drug-likeness (QED) is 0.641. The summed E-state index contributed by atoms with van der Waals surface area (Å²) in [4.78, 5) is 12.8. The van der Waals surface area contributed by atoms with Gasteiger partial charge >= 0.3 is 0 Å². The third-order valence-corrected chi connectivity index (χ3v) is 4.15. The molecule has 1 aliphatic rings. The lowest BCUT2D eigenvalue weighted by molar-refractivity contribution is -0.384. The first-order valence-electron chi connectivity index (χ1n) is 7.27. The van der Waals surface area contributed by atoms with Crippen molar-refractivity contribution in [3.63, 3.8) is 0 Å². The molecule has 0 bridgehead atoms. The van der Waals surface area contributed by atoms with Crippen molar-refractivity contribution >= 4 is 11.4 Å². The highest BCUT2D eigenvalue weighted by Gasteiger charge is 2.18. The zero-order valence-corrected chi connectivity index (χ0v) is 12.3. The van der Waals surface area contributed by atoms with Crippen LogP contribution in [0.15, 0.2) is 18.2 Å². The Morgan fingerprint density at radius 2 is 2.10 bits per heavy atom. The topological polar surface area (TPSA) is 58.4 Å². The molecule has 1 fully saturated rings. The highest BCUT2D eigenvalue weighted by atomic mass is 16.6. The fraction of sp³-hybridized carbons (Fsp3) is 0.600. The predicted octanol–water partition coefficient (Wildman–Crippen LogP) is 3.19. The molecule has 0 radical (unpaired) electrons. The molecule has 20 heavy (non-hydrogen) atoms. The molecule has 1 aliphatic carbocycles. The van der Waals surface area contributed by atoms with Crippen molar-refractivity contribution in [2.45, 2.75) is 38.6 Å². The highest BCUT2D eigenvalue weighted by Crippen LogP contribution is 2.23. The molecule has 5 nitrogen and oxygen atoms in total. The van der Waals surface area contributed by atoms with Crippen molar-refractivity contribution in [1.82, 2.24) is 4.90 Å². The predicted molar refractivity (Wildman–Crippen MR) is 81.2 cm³/mol. The van der Waals surface area contributed by atoms with Crippen molar-refractivity contribution < 1.29 is 4.92 Å². The van der Waals surface area contributed by atoms with Crippen molar-refractivity contribution in [3.05, 3.63) is 33.9 Å². The summed E-state index contributed by atoms with van der Waals surface area (Å²) in [6.45, 7) is 3.77. The summed E-state index contributed by atoms with van der Waals surface area (Å²) < 4.78 is 0. The van der Waals surface area contributed by atoms with Crippen LogP contribution in [-0.4, -0.2) is 36.0 Å². The number of benzene rings is 1. The monoisotopic (exact) mass is 277 g/mol. The molecule has 0 amide bonds. The Morgan fingerprint density at radius 3 is 2.70 bits per heavy atom. The van der Waals surface area contributed by atoms with E-state index in [1.165, 1.54) is 25.7 Å². The van der Waals surface area contributed by atoms with E-state index in [9.17, 15) is 10.1 Å². The van der Waals surface area contributed by atoms with Crippen LogP contribution >= 0.6 is 0 Å². The van der Waals surface area contributed by atoms with Gasteiger partial charge in [-0.1, -0.05) is 12.8 Å². The molecular weight excluding hydrogens is 254 g/mol. The Kier molecular flexibility index (Phi) is 4.95. The van der Waals surface area contributed by atoms with E-state index in [-0.39, 0.29) is 10.6 Å². The summed E-state index contributed by atoms with van der Waals surface area (Å²) >= 11 is 0. The van der Waals surface area contributed by atoms with Gasteiger partial charge in [-0.05, 0) is 38.4 Å². The Labute approximate surface area is 120 Å². The molecule has 0 spiro atoms. The molecule has 1 aromatic carbocycles. The van der Waals surface area contributed by atoms with Gasteiger partial charge in [-0.2, -0.15) is 0 Å². The van der Waals surface area contributed by atoms with E-state index in [4.69, 9.17) is 0 Å². The van der Waals surface area contributed by atoms with Gasteiger partial charge in [-0.3, -0.25) is 10.1 Å². The van der Waals surface area contributed by atoms with E-state index < -0.39 is 0 Å². The lowest BCUT2D eigenvalue weighted by atomic mass is 10.2. The minimum atomic E-state index is -0.356. The van der Waals surface area contributed by atoms with Crippen LogP contribution in [0.1, 0.15) is 31.2 Å². The number of anilines is 1. The van der Waals surface area contributed by atoms with Crippen molar-refractivity contribution in [2.24, 2.45) is 0 Å². The largest absolute Gasteiger partial charge is 0.384 e. The maximum absolute atomic E-state index is 10.7. The molecule has 0 unspecified atom stereocenters. The Hall–Kier alpha value is -1.62. The molecule has 1 aromatic rings. The minimum Gasteiger partial charge on any atom is -0.384 e. The maximum atomic E-state index is 10.7. The molecular formula is C15H23N3O2. The Morgan fingerprint density at radius 1 is 1.40 bits per heavy atom. The van der Waals surface area contributed by atoms with Crippen LogP contribution in [0.5, 0.6) is 0 Å². The number of nitrogens with zero attached hydrogens (tertiary/aromatic N) is 2. The number of aryl methyl sites for hydroxylation is 1. The molecule has 5 heteroatoms. The van der Waals surface area contributed by atoms with Crippen LogP contribution in [0.4, 0.5) is 11.4 Å². The highest BCUT2D eigenvalue weighted by molar-refractivity contribution is 5.55. The van der Waals surface area contributed by atoms with Crippen molar-refractivity contribution in [1.29, 1.82) is 0 Å². The Bertz CT molecular complexity index is 470. The van der Waals surface area contributed by atoms with Crippen LogP contribution in [0.2, 0.25) is 0 Å². The second-order valence-electron chi connectivity index (χ2n) is 5.60. The van der Waals surface area contributed by atoms with Gasteiger partial charge in [0.2, 0.25) is 0 Å². The normalized spacial score (nSPS) is 15.8. The fourth-order valence-corrected chi connectivity index (χ4v) is 2.85. The third kappa shape index (κ3) is 3.70. The lowest BCUT2D eigenvalue weighted by Gasteiger charge is -2.24. The summed E-state index contributed by atoms with van der Waals surface area (Å²) in [5.74, 6) is 0. The SMILES string of the molecule is Cc1cc([N+](=O)[O-])ccc1NCCN(C)C1CCCC1. The van der Waals surface area contributed by atoms with Gasteiger partial charge in [0.05, 0.1) is 4.92 Å². The second kappa shape index (κ2) is 6.70. The van der Waals surface area contributed by atoms with E-state index in [0.29, 0.717) is 0 Å². The molecule has 1 saturated carbocycles. The van der Waals surface area contributed by atoms with Gasteiger partial charge in [0, 0.05) is 37.0 Å². The zero-order valence-electron chi connectivity index (χ0n) is 12.3. The summed E-state index contributed by atoms with van der Waals surface area (Å²) in [5, 5.41) is 14.1. The standard InChI is InChI=1S/C15H23N3O2/c1-12-11-14(18(19)20)7-8-15(12)16-9-10-17(2)13-5-3-4-6-13/h7-8,11,13,16H,3-6,9-10H2,1-2H3. The van der Waals surface area contributed by atoms with Crippen LogP contribution in [0.3, 0.4) is 0 Å². The molecule has 0 atom stereocenters. The first-order valence-corrected chi connectivity index (χ1v) is 7.27. The molecule has 110 valence electrons. The van der Waals surface area contributed by atoms with Crippen LogP contribution in [0, 0.1) is 17.0 Å². The number of hydrogen-bond donors (Lipinski definition) is 1. The summed E-state index contributed by atoms with van der Waals surface area (Å²) in [7, 11) is 2.18. The van der Waals surface area contributed by atoms with E-state index in [2.05, 4.69) is 17.3 Å². The summed E-state index contributed by atoms with van der Waals surface area (Å²) in [6.07, 6.45) is 5.33. The molecule has 2 rings (SSSR count). The Balaban J connectivity index is 1.83. The minimum absolute atomic E-state index is 0.149. The second-order valence-corrected chi connectivity index (χ2v) is 5.60. The van der Waals surface area contributed by atoms with Gasteiger partial charge in [-0.25, -0.2) is 0 Å². The number of nitro groups is 1. The van der Waals surface area contributed by atoms with E-state index in [1.54, 1.807) is 18.2 Å². The van der Waals surface area contributed by atoms with E-state index >= 15 is 0 Å². The van der Waals surface area contributed by atoms with Gasteiger partial charge in [-0.15, -0.1) is 0 Å². The molecule has 1 N–H and O–H groups in total. The van der Waals surface area contributed by atoms with E-state index in [1.807, 2.05) is 6.92 Å². The number of nitrogens with one attached hydrogen (secondary N) is 1. The summed E-state index contributed by atoms with van der Waals surface area (Å²) in [6, 6.07) is 5.69. The summed E-state index contributed by atoms with van der Waals surface area (Å²) in [5.41, 5.74) is 2.05.